The molecule has 1 amide bonds. The van der Waals surface area contributed by atoms with Crippen molar-refractivity contribution in [1.29, 1.82) is 0 Å². The lowest BCUT2D eigenvalue weighted by molar-refractivity contribution is 0.0599. The first-order chi connectivity index (χ1) is 15.5. The van der Waals surface area contributed by atoms with Crippen LogP contribution in [0, 0.1) is 13.8 Å². The average molecular weight is 446 g/mol. The second-order valence-corrected chi connectivity index (χ2v) is 8.25. The Balaban J connectivity index is 1.62. The van der Waals surface area contributed by atoms with Gasteiger partial charge in [-0.15, -0.1) is 11.3 Å². The average Bonchev–Trinajstić information content (AvgIpc) is 3.46. The Kier molecular flexibility index (Phi) is 4.79. The number of amides is 1. The summed E-state index contributed by atoms with van der Waals surface area (Å²) < 4.78 is 17.5. The van der Waals surface area contributed by atoms with Crippen LogP contribution in [0.3, 0.4) is 0 Å². The molecule has 0 saturated carbocycles. The van der Waals surface area contributed by atoms with E-state index in [1.807, 2.05) is 49.4 Å². The lowest BCUT2D eigenvalue weighted by Gasteiger charge is -2.04. The Labute approximate surface area is 186 Å². The van der Waals surface area contributed by atoms with Gasteiger partial charge in [-0.3, -0.25) is 10.1 Å². The van der Waals surface area contributed by atoms with Crippen molar-refractivity contribution in [2.24, 2.45) is 0 Å². The number of para-hydroxylation sites is 2. The number of nitrogens with zero attached hydrogens (tertiary/aromatic N) is 1. The normalized spacial score (nSPS) is 11.2. The van der Waals surface area contributed by atoms with Crippen LogP contribution < -0.4 is 5.32 Å². The molecule has 32 heavy (non-hydrogen) atoms. The zero-order chi connectivity index (χ0) is 22.4. The minimum Gasteiger partial charge on any atom is -0.465 e. The van der Waals surface area contributed by atoms with Crippen LogP contribution in [0.1, 0.15) is 32.2 Å². The number of esters is 1. The SMILES string of the molecule is COC(=O)c1c(C)oc(NC(=O)c2oc3ccccc3c2C)c1-c1nc2ccccc2s1. The molecular formula is C24H18N2O5S. The molecule has 0 saturated heterocycles. The van der Waals surface area contributed by atoms with Crippen LogP contribution in [0.15, 0.2) is 57.4 Å². The van der Waals surface area contributed by atoms with Gasteiger partial charge in [0.05, 0.1) is 22.9 Å². The molecule has 0 atom stereocenters. The molecule has 5 rings (SSSR count). The quantitative estimate of drug-likeness (QED) is 0.342. The van der Waals surface area contributed by atoms with Crippen LogP contribution in [-0.2, 0) is 4.74 Å². The lowest BCUT2D eigenvalue weighted by atomic mass is 10.1. The van der Waals surface area contributed by atoms with Crippen LogP contribution in [0.4, 0.5) is 5.88 Å². The zero-order valence-electron chi connectivity index (χ0n) is 17.5. The van der Waals surface area contributed by atoms with E-state index >= 15 is 0 Å². The number of aromatic nitrogens is 1. The number of ether oxygens (including phenoxy) is 1. The maximum atomic E-state index is 13.1. The minimum atomic E-state index is -0.569. The molecule has 5 aromatic rings. The smallest absolute Gasteiger partial charge is 0.342 e. The fourth-order valence-electron chi connectivity index (χ4n) is 3.71. The third-order valence-electron chi connectivity index (χ3n) is 5.26. The lowest BCUT2D eigenvalue weighted by Crippen LogP contribution is -2.12. The fourth-order valence-corrected chi connectivity index (χ4v) is 4.73. The summed E-state index contributed by atoms with van der Waals surface area (Å²) in [7, 11) is 1.30. The highest BCUT2D eigenvalue weighted by Crippen LogP contribution is 2.41. The van der Waals surface area contributed by atoms with Crippen LogP contribution >= 0.6 is 11.3 Å². The highest BCUT2D eigenvalue weighted by Gasteiger charge is 2.30. The largest absolute Gasteiger partial charge is 0.465 e. The van der Waals surface area contributed by atoms with Gasteiger partial charge < -0.3 is 13.6 Å². The number of rotatable bonds is 4. The van der Waals surface area contributed by atoms with Crippen molar-refractivity contribution in [3.05, 3.63) is 71.2 Å². The van der Waals surface area contributed by atoms with Gasteiger partial charge in [0, 0.05) is 10.9 Å². The summed E-state index contributed by atoms with van der Waals surface area (Å²) in [4.78, 5) is 30.3. The molecule has 7 nitrogen and oxygen atoms in total. The van der Waals surface area contributed by atoms with E-state index in [-0.39, 0.29) is 17.2 Å². The molecule has 1 N–H and O–H groups in total. The van der Waals surface area contributed by atoms with Gasteiger partial charge in [0.25, 0.3) is 5.91 Å². The van der Waals surface area contributed by atoms with Crippen LogP contribution in [0.25, 0.3) is 31.8 Å². The van der Waals surface area contributed by atoms with Crippen molar-refractivity contribution in [2.45, 2.75) is 13.8 Å². The van der Waals surface area contributed by atoms with Crippen LogP contribution in [0.5, 0.6) is 0 Å². The summed E-state index contributed by atoms with van der Waals surface area (Å²) in [6.45, 7) is 3.47. The number of hydrogen-bond acceptors (Lipinski definition) is 7. The summed E-state index contributed by atoms with van der Waals surface area (Å²) in [6.07, 6.45) is 0. The van der Waals surface area contributed by atoms with Gasteiger partial charge in [0.2, 0.25) is 5.88 Å². The number of methoxy groups -OCH3 is 1. The summed E-state index contributed by atoms with van der Waals surface area (Å²) >= 11 is 1.40. The highest BCUT2D eigenvalue weighted by atomic mass is 32.1. The molecule has 0 unspecified atom stereocenters. The monoisotopic (exact) mass is 446 g/mol. The molecule has 0 aliphatic carbocycles. The van der Waals surface area contributed by atoms with E-state index in [0.717, 1.165) is 21.2 Å². The Bertz CT molecular complexity index is 1470. The second kappa shape index (κ2) is 7.65. The van der Waals surface area contributed by atoms with Crippen molar-refractivity contribution in [2.75, 3.05) is 12.4 Å². The summed E-state index contributed by atoms with van der Waals surface area (Å²) in [5, 5.41) is 4.17. The number of carbonyl (C=O) groups is 2. The van der Waals surface area contributed by atoms with Crippen molar-refractivity contribution in [1.82, 2.24) is 4.98 Å². The second-order valence-electron chi connectivity index (χ2n) is 7.22. The number of anilines is 1. The van der Waals surface area contributed by atoms with Crippen LogP contribution in [0.2, 0.25) is 0 Å². The molecule has 160 valence electrons. The van der Waals surface area contributed by atoms with Gasteiger partial charge in [0.1, 0.15) is 21.9 Å². The Morgan fingerprint density at radius 3 is 2.53 bits per heavy atom. The van der Waals surface area contributed by atoms with Gasteiger partial charge in [-0.05, 0) is 32.0 Å². The number of aryl methyl sites for hydroxylation is 2. The number of nitrogens with one attached hydrogen (secondary N) is 1. The summed E-state index contributed by atoms with van der Waals surface area (Å²) in [5.74, 6) is -0.434. The summed E-state index contributed by atoms with van der Waals surface area (Å²) in [5.41, 5.74) is 2.73. The maximum Gasteiger partial charge on any atom is 0.342 e. The molecule has 0 fully saturated rings. The van der Waals surface area contributed by atoms with Crippen molar-refractivity contribution < 1.29 is 23.2 Å². The van der Waals surface area contributed by atoms with Crippen molar-refractivity contribution in [3.63, 3.8) is 0 Å². The zero-order valence-corrected chi connectivity index (χ0v) is 18.3. The van der Waals surface area contributed by atoms with Crippen LogP contribution in [-0.4, -0.2) is 24.0 Å². The molecule has 3 aromatic heterocycles. The first-order valence-corrected chi connectivity index (χ1v) is 10.7. The number of thiazole rings is 1. The number of benzene rings is 2. The van der Waals surface area contributed by atoms with Gasteiger partial charge >= 0.3 is 5.97 Å². The Hall–Kier alpha value is -3.91. The molecule has 3 heterocycles. The third kappa shape index (κ3) is 3.16. The number of furan rings is 2. The number of hydrogen-bond donors (Lipinski definition) is 1. The van der Waals surface area contributed by atoms with E-state index in [1.54, 1.807) is 13.0 Å². The van der Waals surface area contributed by atoms with Gasteiger partial charge in [-0.25, -0.2) is 9.78 Å². The highest BCUT2D eigenvalue weighted by molar-refractivity contribution is 7.21. The number of carbonyl (C=O) groups excluding carboxylic acids is 2. The third-order valence-corrected chi connectivity index (χ3v) is 6.31. The molecule has 0 spiro atoms. The van der Waals surface area contributed by atoms with Gasteiger partial charge in [0.15, 0.2) is 5.76 Å². The van der Waals surface area contributed by atoms with Gasteiger partial charge in [-0.2, -0.15) is 0 Å². The van der Waals surface area contributed by atoms with Crippen molar-refractivity contribution >= 4 is 50.3 Å². The van der Waals surface area contributed by atoms with Crippen molar-refractivity contribution in [3.8, 4) is 10.6 Å². The Morgan fingerprint density at radius 2 is 1.78 bits per heavy atom. The fraction of sp³-hybridized carbons (Fsp3) is 0.125. The number of fused-ring (bicyclic) bond motifs is 2. The van der Waals surface area contributed by atoms with Gasteiger partial charge in [-0.1, -0.05) is 30.3 Å². The minimum absolute atomic E-state index is 0.117. The predicted molar refractivity (Wildman–Crippen MR) is 122 cm³/mol. The maximum absolute atomic E-state index is 13.1. The topological polar surface area (TPSA) is 94.6 Å². The summed E-state index contributed by atoms with van der Waals surface area (Å²) in [6, 6.07) is 15.1. The van der Waals surface area contributed by atoms with E-state index in [4.69, 9.17) is 13.6 Å². The molecule has 2 aromatic carbocycles. The first kappa shape index (κ1) is 20.0. The molecule has 8 heteroatoms. The molecule has 0 bridgehead atoms. The Morgan fingerprint density at radius 1 is 1.03 bits per heavy atom. The molecule has 0 aliphatic rings. The molecule has 0 radical (unpaired) electrons. The van der Waals surface area contributed by atoms with E-state index < -0.39 is 11.9 Å². The van der Waals surface area contributed by atoms with E-state index in [2.05, 4.69) is 10.3 Å². The predicted octanol–water partition coefficient (Wildman–Crippen LogP) is 5.96. The van der Waals surface area contributed by atoms with E-state index in [9.17, 15) is 9.59 Å². The molecule has 0 aliphatic heterocycles. The standard InChI is InChI=1S/C24H18N2O5S/c1-12-14-8-4-6-10-16(14)31-20(12)21(27)26-22-19(18(13(2)30-22)24(28)29-3)23-25-15-9-5-7-11-17(15)32-23/h4-11H,1-3H3,(H,26,27). The first-order valence-electron chi connectivity index (χ1n) is 9.85. The van der Waals surface area contributed by atoms with E-state index in [0.29, 0.717) is 21.9 Å². The van der Waals surface area contributed by atoms with E-state index in [1.165, 1.54) is 18.4 Å². The molecular weight excluding hydrogens is 428 g/mol.